The molecule has 1 atom stereocenters. The molecule has 0 amide bonds. The molecular formula is C15H22N4O. The summed E-state index contributed by atoms with van der Waals surface area (Å²) in [6.45, 7) is 7.95. The third-order valence-electron chi connectivity index (χ3n) is 3.12. The minimum atomic E-state index is 0.0747. The zero-order chi connectivity index (χ0) is 14.4. The molecule has 0 fully saturated rings. The minimum Gasteiger partial charge on any atom is -0.406 e. The summed E-state index contributed by atoms with van der Waals surface area (Å²) in [6, 6.07) is 10.7. The molecule has 0 saturated carbocycles. The van der Waals surface area contributed by atoms with Crippen LogP contribution in [-0.2, 0) is 0 Å². The van der Waals surface area contributed by atoms with E-state index < -0.39 is 0 Å². The van der Waals surface area contributed by atoms with E-state index in [-0.39, 0.29) is 6.04 Å². The van der Waals surface area contributed by atoms with Gasteiger partial charge in [0.15, 0.2) is 0 Å². The van der Waals surface area contributed by atoms with Gasteiger partial charge in [-0.2, -0.15) is 0 Å². The fourth-order valence-electron chi connectivity index (χ4n) is 1.99. The van der Waals surface area contributed by atoms with Crippen LogP contribution in [0.3, 0.4) is 0 Å². The van der Waals surface area contributed by atoms with Gasteiger partial charge in [0.2, 0.25) is 5.89 Å². The lowest BCUT2D eigenvalue weighted by molar-refractivity contribution is 0.418. The van der Waals surface area contributed by atoms with E-state index in [2.05, 4.69) is 29.4 Å². The number of aromatic nitrogens is 2. The molecule has 1 N–H and O–H groups in total. The lowest BCUT2D eigenvalue weighted by atomic mass is 10.3. The standard InChI is InChI=1S/C15H22N4O/c1-4-11-16-12(3)14-17-18-15(20-14)19(5-2)13-9-7-6-8-10-13/h6-10,12,16H,4-5,11H2,1-3H3. The van der Waals surface area contributed by atoms with E-state index in [1.165, 1.54) is 0 Å². The van der Waals surface area contributed by atoms with Crippen LogP contribution < -0.4 is 10.2 Å². The maximum atomic E-state index is 5.79. The number of nitrogens with one attached hydrogen (secondary N) is 1. The van der Waals surface area contributed by atoms with Crippen molar-refractivity contribution in [3.05, 3.63) is 36.2 Å². The lowest BCUT2D eigenvalue weighted by Crippen LogP contribution is -2.19. The van der Waals surface area contributed by atoms with Crippen LogP contribution in [-0.4, -0.2) is 23.3 Å². The Morgan fingerprint density at radius 2 is 1.95 bits per heavy atom. The zero-order valence-electron chi connectivity index (χ0n) is 12.3. The fraction of sp³-hybridized carbons (Fsp3) is 0.467. The summed E-state index contributed by atoms with van der Waals surface area (Å²) in [4.78, 5) is 2.00. The molecule has 0 aliphatic rings. The van der Waals surface area contributed by atoms with Gasteiger partial charge >= 0.3 is 6.01 Å². The first-order valence-electron chi connectivity index (χ1n) is 7.15. The molecule has 0 aliphatic carbocycles. The van der Waals surface area contributed by atoms with E-state index in [9.17, 15) is 0 Å². The quantitative estimate of drug-likeness (QED) is 0.839. The Morgan fingerprint density at radius 1 is 1.20 bits per heavy atom. The zero-order valence-corrected chi connectivity index (χ0v) is 12.3. The highest BCUT2D eigenvalue weighted by Crippen LogP contribution is 2.24. The maximum Gasteiger partial charge on any atom is 0.322 e. The predicted molar refractivity (Wildman–Crippen MR) is 80.1 cm³/mol. The van der Waals surface area contributed by atoms with E-state index in [0.29, 0.717) is 11.9 Å². The van der Waals surface area contributed by atoms with Crippen molar-refractivity contribution in [1.82, 2.24) is 15.5 Å². The van der Waals surface area contributed by atoms with Crippen LogP contribution in [0.1, 0.15) is 39.1 Å². The molecule has 0 aliphatic heterocycles. The second kappa shape index (κ2) is 7.05. The van der Waals surface area contributed by atoms with Crippen LogP contribution >= 0.6 is 0 Å². The molecule has 1 aromatic heterocycles. The highest BCUT2D eigenvalue weighted by Gasteiger charge is 2.17. The van der Waals surface area contributed by atoms with Gasteiger partial charge in [0.25, 0.3) is 0 Å². The number of nitrogens with zero attached hydrogens (tertiary/aromatic N) is 3. The van der Waals surface area contributed by atoms with Crippen LogP contribution in [0.2, 0.25) is 0 Å². The Balaban J connectivity index is 2.14. The molecule has 5 heteroatoms. The summed E-state index contributed by atoms with van der Waals surface area (Å²) in [5.74, 6) is 0.628. The molecule has 5 nitrogen and oxygen atoms in total. The molecule has 2 aromatic rings. The van der Waals surface area contributed by atoms with Gasteiger partial charge in [-0.05, 0) is 38.9 Å². The van der Waals surface area contributed by atoms with Crippen molar-refractivity contribution in [2.24, 2.45) is 0 Å². The molecule has 1 unspecified atom stereocenters. The van der Waals surface area contributed by atoms with Crippen molar-refractivity contribution in [2.45, 2.75) is 33.2 Å². The van der Waals surface area contributed by atoms with Gasteiger partial charge in [0.1, 0.15) is 0 Å². The summed E-state index contributed by atoms with van der Waals surface area (Å²) in [6.07, 6.45) is 1.08. The van der Waals surface area contributed by atoms with Crippen LogP contribution in [0.15, 0.2) is 34.7 Å². The molecule has 0 bridgehead atoms. The van der Waals surface area contributed by atoms with E-state index in [0.717, 1.165) is 25.2 Å². The first kappa shape index (κ1) is 14.5. The van der Waals surface area contributed by atoms with E-state index in [4.69, 9.17) is 4.42 Å². The summed E-state index contributed by atoms with van der Waals surface area (Å²) in [5.41, 5.74) is 1.05. The molecule has 2 rings (SSSR count). The number of hydrogen-bond acceptors (Lipinski definition) is 5. The van der Waals surface area contributed by atoms with Gasteiger partial charge in [0.05, 0.1) is 6.04 Å². The van der Waals surface area contributed by atoms with E-state index in [1.54, 1.807) is 0 Å². The number of hydrogen-bond donors (Lipinski definition) is 1. The first-order chi connectivity index (χ1) is 9.76. The average Bonchev–Trinajstić information content (AvgIpc) is 2.96. The average molecular weight is 274 g/mol. The number of para-hydroxylation sites is 1. The van der Waals surface area contributed by atoms with Crippen molar-refractivity contribution in [3.63, 3.8) is 0 Å². The number of benzene rings is 1. The highest BCUT2D eigenvalue weighted by atomic mass is 16.4. The van der Waals surface area contributed by atoms with Crippen molar-refractivity contribution in [1.29, 1.82) is 0 Å². The largest absolute Gasteiger partial charge is 0.406 e. The van der Waals surface area contributed by atoms with Crippen LogP contribution in [0.5, 0.6) is 0 Å². The van der Waals surface area contributed by atoms with Gasteiger partial charge in [0, 0.05) is 12.2 Å². The molecule has 1 heterocycles. The second-order valence-electron chi connectivity index (χ2n) is 4.68. The topological polar surface area (TPSA) is 54.2 Å². The Bertz CT molecular complexity index is 512. The first-order valence-corrected chi connectivity index (χ1v) is 7.15. The van der Waals surface area contributed by atoms with Gasteiger partial charge in [-0.15, -0.1) is 5.10 Å². The molecule has 20 heavy (non-hydrogen) atoms. The smallest absolute Gasteiger partial charge is 0.322 e. The number of rotatable bonds is 7. The van der Waals surface area contributed by atoms with Crippen molar-refractivity contribution in [3.8, 4) is 0 Å². The molecular weight excluding hydrogens is 252 g/mol. The monoisotopic (exact) mass is 274 g/mol. The van der Waals surface area contributed by atoms with Crippen LogP contribution in [0.4, 0.5) is 11.7 Å². The second-order valence-corrected chi connectivity index (χ2v) is 4.68. The Hall–Kier alpha value is -1.88. The van der Waals surface area contributed by atoms with Gasteiger partial charge in [-0.25, -0.2) is 0 Å². The molecule has 108 valence electrons. The minimum absolute atomic E-state index is 0.0747. The van der Waals surface area contributed by atoms with Crippen molar-refractivity contribution in [2.75, 3.05) is 18.0 Å². The maximum absolute atomic E-state index is 5.79. The molecule has 0 spiro atoms. The van der Waals surface area contributed by atoms with Crippen LogP contribution in [0, 0.1) is 0 Å². The highest BCUT2D eigenvalue weighted by molar-refractivity contribution is 5.55. The van der Waals surface area contributed by atoms with Crippen molar-refractivity contribution < 1.29 is 4.42 Å². The Morgan fingerprint density at radius 3 is 2.60 bits per heavy atom. The predicted octanol–water partition coefficient (Wildman–Crippen LogP) is 3.29. The fourth-order valence-corrected chi connectivity index (χ4v) is 1.99. The Labute approximate surface area is 120 Å². The normalized spacial score (nSPS) is 12.3. The van der Waals surface area contributed by atoms with Gasteiger partial charge in [-0.3, -0.25) is 4.90 Å². The summed E-state index contributed by atoms with van der Waals surface area (Å²) >= 11 is 0. The number of anilines is 2. The summed E-state index contributed by atoms with van der Waals surface area (Å²) < 4.78 is 5.79. The Kier molecular flexibility index (Phi) is 5.12. The molecule has 0 saturated heterocycles. The summed E-state index contributed by atoms with van der Waals surface area (Å²) in [7, 11) is 0. The lowest BCUT2D eigenvalue weighted by Gasteiger charge is -2.17. The van der Waals surface area contributed by atoms with Gasteiger partial charge in [-0.1, -0.05) is 30.2 Å². The third-order valence-corrected chi connectivity index (χ3v) is 3.12. The van der Waals surface area contributed by atoms with Gasteiger partial charge < -0.3 is 9.73 Å². The SMILES string of the molecule is CCCNC(C)c1nnc(N(CC)c2ccccc2)o1. The van der Waals surface area contributed by atoms with Crippen molar-refractivity contribution >= 4 is 11.7 Å². The molecule has 1 aromatic carbocycles. The molecule has 0 radical (unpaired) electrons. The van der Waals surface area contributed by atoms with E-state index in [1.807, 2.05) is 42.2 Å². The van der Waals surface area contributed by atoms with E-state index >= 15 is 0 Å². The summed E-state index contributed by atoms with van der Waals surface area (Å²) in [5, 5.41) is 11.6. The third kappa shape index (κ3) is 3.36. The van der Waals surface area contributed by atoms with Crippen LogP contribution in [0.25, 0.3) is 0 Å².